The molecule has 8 heteroatoms. The van der Waals surface area contributed by atoms with E-state index in [0.717, 1.165) is 0 Å². The van der Waals surface area contributed by atoms with E-state index in [4.69, 9.17) is 4.74 Å². The van der Waals surface area contributed by atoms with Gasteiger partial charge in [-0.3, -0.25) is 14.3 Å². The number of rotatable bonds is 5. The SMILES string of the molecule is CC1Oc2ccc(NC(=O)CCCn3cncn3)cc2N(C)C1=O. The van der Waals surface area contributed by atoms with Crippen LogP contribution in [0.2, 0.25) is 0 Å². The van der Waals surface area contributed by atoms with Gasteiger partial charge in [0.05, 0.1) is 5.69 Å². The van der Waals surface area contributed by atoms with Crippen molar-refractivity contribution in [3.8, 4) is 5.75 Å². The van der Waals surface area contributed by atoms with Gasteiger partial charge in [0.2, 0.25) is 5.91 Å². The van der Waals surface area contributed by atoms with Crippen LogP contribution in [-0.2, 0) is 16.1 Å². The van der Waals surface area contributed by atoms with Gasteiger partial charge in [-0.25, -0.2) is 4.98 Å². The Labute approximate surface area is 139 Å². The summed E-state index contributed by atoms with van der Waals surface area (Å²) in [4.78, 5) is 29.4. The standard InChI is InChI=1S/C16H19N5O3/c1-11-16(23)20(2)13-8-12(5-6-14(13)24-11)19-15(22)4-3-7-21-10-17-9-18-21/h5-6,8-11H,3-4,7H2,1-2H3,(H,19,22). The molecule has 0 bridgehead atoms. The summed E-state index contributed by atoms with van der Waals surface area (Å²) in [6.07, 6.45) is 3.63. The van der Waals surface area contributed by atoms with Crippen LogP contribution in [0.3, 0.4) is 0 Å². The predicted octanol–water partition coefficient (Wildman–Crippen LogP) is 1.44. The third-order valence-corrected chi connectivity index (χ3v) is 3.84. The smallest absolute Gasteiger partial charge is 0.267 e. The van der Waals surface area contributed by atoms with Crippen LogP contribution in [0.15, 0.2) is 30.9 Å². The van der Waals surface area contributed by atoms with Crippen LogP contribution in [0.4, 0.5) is 11.4 Å². The molecule has 3 rings (SSSR count). The number of amides is 2. The summed E-state index contributed by atoms with van der Waals surface area (Å²) in [5.74, 6) is 0.432. The molecule has 1 aromatic carbocycles. The van der Waals surface area contributed by atoms with E-state index in [1.807, 2.05) is 0 Å². The molecule has 1 unspecified atom stereocenters. The van der Waals surface area contributed by atoms with E-state index in [-0.39, 0.29) is 11.8 Å². The minimum atomic E-state index is -0.500. The number of ether oxygens (including phenoxy) is 1. The quantitative estimate of drug-likeness (QED) is 0.896. The lowest BCUT2D eigenvalue weighted by molar-refractivity contribution is -0.125. The Hall–Kier alpha value is -2.90. The van der Waals surface area contributed by atoms with Crippen molar-refractivity contribution in [3.05, 3.63) is 30.9 Å². The fourth-order valence-corrected chi connectivity index (χ4v) is 2.56. The number of carbonyl (C=O) groups is 2. The first kappa shape index (κ1) is 16.0. The number of likely N-dealkylation sites (N-methyl/N-ethyl adjacent to an activating group) is 1. The Morgan fingerprint density at radius 3 is 3.00 bits per heavy atom. The zero-order chi connectivity index (χ0) is 17.1. The number of benzene rings is 1. The van der Waals surface area contributed by atoms with E-state index in [0.29, 0.717) is 36.5 Å². The van der Waals surface area contributed by atoms with E-state index < -0.39 is 6.10 Å². The monoisotopic (exact) mass is 329 g/mol. The van der Waals surface area contributed by atoms with E-state index >= 15 is 0 Å². The summed E-state index contributed by atoms with van der Waals surface area (Å²) in [7, 11) is 1.70. The Bertz CT molecular complexity index is 744. The molecule has 0 saturated heterocycles. The first-order valence-electron chi connectivity index (χ1n) is 7.75. The molecule has 0 spiro atoms. The Morgan fingerprint density at radius 2 is 2.25 bits per heavy atom. The summed E-state index contributed by atoms with van der Waals surface area (Å²) in [5.41, 5.74) is 1.29. The second-order valence-corrected chi connectivity index (χ2v) is 5.65. The van der Waals surface area contributed by atoms with Gasteiger partial charge in [-0.15, -0.1) is 0 Å². The Balaban J connectivity index is 1.59. The number of nitrogens with one attached hydrogen (secondary N) is 1. The molecule has 2 amide bonds. The van der Waals surface area contributed by atoms with Crippen LogP contribution in [0.1, 0.15) is 19.8 Å². The lowest BCUT2D eigenvalue weighted by atomic mass is 10.1. The molecule has 0 radical (unpaired) electrons. The highest BCUT2D eigenvalue weighted by Gasteiger charge is 2.28. The molecule has 24 heavy (non-hydrogen) atoms. The molecule has 0 aliphatic carbocycles. The number of nitrogens with zero attached hydrogens (tertiary/aromatic N) is 4. The van der Waals surface area contributed by atoms with Gasteiger partial charge in [0.1, 0.15) is 18.4 Å². The topological polar surface area (TPSA) is 89.3 Å². The van der Waals surface area contributed by atoms with Crippen LogP contribution in [0.25, 0.3) is 0 Å². The summed E-state index contributed by atoms with van der Waals surface area (Å²) in [6.45, 7) is 2.35. The molecule has 1 atom stereocenters. The van der Waals surface area contributed by atoms with Crippen molar-refractivity contribution in [3.63, 3.8) is 0 Å². The van der Waals surface area contributed by atoms with Crippen molar-refractivity contribution in [2.24, 2.45) is 0 Å². The van der Waals surface area contributed by atoms with Crippen molar-refractivity contribution >= 4 is 23.2 Å². The highest BCUT2D eigenvalue weighted by atomic mass is 16.5. The number of aryl methyl sites for hydroxylation is 1. The number of carbonyl (C=O) groups excluding carboxylic acids is 2. The summed E-state index contributed by atoms with van der Waals surface area (Å²) >= 11 is 0. The number of hydrogen-bond acceptors (Lipinski definition) is 5. The molecular formula is C16H19N5O3. The van der Waals surface area contributed by atoms with Gasteiger partial charge in [-0.1, -0.05) is 0 Å². The van der Waals surface area contributed by atoms with Gasteiger partial charge in [-0.2, -0.15) is 5.10 Å². The number of fused-ring (bicyclic) bond motifs is 1. The molecule has 1 aliphatic rings. The second-order valence-electron chi connectivity index (χ2n) is 5.65. The van der Waals surface area contributed by atoms with Crippen LogP contribution >= 0.6 is 0 Å². The summed E-state index contributed by atoms with van der Waals surface area (Å²) in [6, 6.07) is 5.28. The van der Waals surface area contributed by atoms with Gasteiger partial charge >= 0.3 is 0 Å². The normalized spacial score (nSPS) is 16.5. The molecule has 0 fully saturated rings. The molecule has 8 nitrogen and oxygen atoms in total. The van der Waals surface area contributed by atoms with Crippen molar-refractivity contribution in [2.45, 2.75) is 32.4 Å². The number of aromatic nitrogens is 3. The molecule has 0 saturated carbocycles. The minimum absolute atomic E-state index is 0.0888. The molecule has 1 aliphatic heterocycles. The average molecular weight is 329 g/mol. The highest BCUT2D eigenvalue weighted by molar-refractivity contribution is 6.00. The zero-order valence-corrected chi connectivity index (χ0v) is 13.6. The predicted molar refractivity (Wildman–Crippen MR) is 87.8 cm³/mol. The van der Waals surface area contributed by atoms with Crippen molar-refractivity contribution in [1.82, 2.24) is 14.8 Å². The van der Waals surface area contributed by atoms with Crippen molar-refractivity contribution < 1.29 is 14.3 Å². The zero-order valence-electron chi connectivity index (χ0n) is 13.6. The third-order valence-electron chi connectivity index (χ3n) is 3.84. The first-order valence-corrected chi connectivity index (χ1v) is 7.75. The highest BCUT2D eigenvalue weighted by Crippen LogP contribution is 2.35. The summed E-state index contributed by atoms with van der Waals surface area (Å²) in [5, 5.41) is 6.83. The Morgan fingerprint density at radius 1 is 1.42 bits per heavy atom. The van der Waals surface area contributed by atoms with E-state index in [9.17, 15) is 9.59 Å². The second kappa shape index (κ2) is 6.69. The minimum Gasteiger partial charge on any atom is -0.479 e. The molecule has 2 heterocycles. The van der Waals surface area contributed by atoms with Crippen LogP contribution in [0.5, 0.6) is 5.75 Å². The lowest BCUT2D eigenvalue weighted by Gasteiger charge is -2.30. The number of hydrogen-bond donors (Lipinski definition) is 1. The third kappa shape index (κ3) is 3.37. The first-order chi connectivity index (χ1) is 11.5. The lowest BCUT2D eigenvalue weighted by Crippen LogP contribution is -2.41. The fraction of sp³-hybridized carbons (Fsp3) is 0.375. The maximum absolute atomic E-state index is 12.0. The van der Waals surface area contributed by atoms with E-state index in [1.165, 1.54) is 6.33 Å². The van der Waals surface area contributed by atoms with Crippen molar-refractivity contribution in [2.75, 3.05) is 17.3 Å². The number of anilines is 2. The van der Waals surface area contributed by atoms with Gasteiger partial charge in [-0.05, 0) is 31.5 Å². The fourth-order valence-electron chi connectivity index (χ4n) is 2.56. The van der Waals surface area contributed by atoms with Gasteiger partial charge < -0.3 is 15.0 Å². The van der Waals surface area contributed by atoms with Gasteiger partial charge in [0, 0.05) is 25.7 Å². The Kier molecular flexibility index (Phi) is 4.45. The molecule has 126 valence electrons. The molecule has 2 aromatic rings. The van der Waals surface area contributed by atoms with Crippen LogP contribution in [-0.4, -0.2) is 39.7 Å². The van der Waals surface area contributed by atoms with Crippen LogP contribution in [0, 0.1) is 0 Å². The molecular weight excluding hydrogens is 310 g/mol. The summed E-state index contributed by atoms with van der Waals surface area (Å²) < 4.78 is 7.25. The van der Waals surface area contributed by atoms with Crippen LogP contribution < -0.4 is 15.0 Å². The molecule has 1 aromatic heterocycles. The largest absolute Gasteiger partial charge is 0.479 e. The maximum Gasteiger partial charge on any atom is 0.267 e. The molecule has 1 N–H and O–H groups in total. The maximum atomic E-state index is 12.0. The van der Waals surface area contributed by atoms with E-state index in [1.54, 1.807) is 48.1 Å². The van der Waals surface area contributed by atoms with Crippen molar-refractivity contribution in [1.29, 1.82) is 0 Å². The van der Waals surface area contributed by atoms with Gasteiger partial charge in [0.15, 0.2) is 6.10 Å². The van der Waals surface area contributed by atoms with Gasteiger partial charge in [0.25, 0.3) is 5.91 Å². The average Bonchev–Trinajstić information content (AvgIpc) is 3.07. The van der Waals surface area contributed by atoms with E-state index in [2.05, 4.69) is 15.4 Å².